The lowest BCUT2D eigenvalue weighted by atomic mass is 9.90. The van der Waals surface area contributed by atoms with E-state index >= 15 is 0 Å². The lowest BCUT2D eigenvalue weighted by Gasteiger charge is -2.23. The molecule has 0 fully saturated rings. The topological polar surface area (TPSA) is 47.6 Å². The molecular weight excluding hydrogens is 365 g/mol. The van der Waals surface area contributed by atoms with Crippen LogP contribution >= 0.6 is 11.3 Å². The molecule has 1 unspecified atom stereocenters. The molecule has 1 aromatic heterocycles. The minimum absolute atomic E-state index is 0.00664. The van der Waals surface area contributed by atoms with Gasteiger partial charge >= 0.3 is 0 Å². The molecule has 0 radical (unpaired) electrons. The van der Waals surface area contributed by atoms with Crippen LogP contribution in [0.2, 0.25) is 0 Å². The largest absolute Gasteiger partial charge is 0.493 e. The number of nitrogens with one attached hydrogen (secondary N) is 1. The molecule has 0 bridgehead atoms. The van der Waals surface area contributed by atoms with Gasteiger partial charge in [-0.05, 0) is 46.8 Å². The number of carbonyl (C=O) groups excluding carboxylic acids is 1. The standard InChI is InChI=1S/C21H18FNO3S/c1-25-18-7-4-14(16-11-20(24)23-17-8-9-27-21(16)17)10-19(18)26-12-13-2-5-15(22)6-3-13/h2-10,16H,11-12H2,1H3,(H,23,24). The van der Waals surface area contributed by atoms with Gasteiger partial charge in [0.15, 0.2) is 11.5 Å². The number of benzene rings is 2. The first-order valence-electron chi connectivity index (χ1n) is 8.56. The summed E-state index contributed by atoms with van der Waals surface area (Å²) in [6.45, 7) is 0.301. The minimum atomic E-state index is -0.277. The molecule has 2 aromatic carbocycles. The smallest absolute Gasteiger partial charge is 0.225 e. The highest BCUT2D eigenvalue weighted by Crippen LogP contribution is 2.42. The van der Waals surface area contributed by atoms with Crippen molar-refractivity contribution in [2.45, 2.75) is 18.9 Å². The number of fused-ring (bicyclic) bond motifs is 1. The second kappa shape index (κ2) is 7.40. The Kier molecular flexibility index (Phi) is 4.81. The molecule has 0 saturated heterocycles. The lowest BCUT2D eigenvalue weighted by Crippen LogP contribution is -2.22. The molecular formula is C21H18FNO3S. The predicted octanol–water partition coefficient (Wildman–Crippen LogP) is 4.95. The van der Waals surface area contributed by atoms with Gasteiger partial charge in [-0.2, -0.15) is 0 Å². The number of carbonyl (C=O) groups is 1. The van der Waals surface area contributed by atoms with E-state index in [0.717, 1.165) is 21.7 Å². The predicted molar refractivity (Wildman–Crippen MR) is 103 cm³/mol. The van der Waals surface area contributed by atoms with Crippen LogP contribution in [0.5, 0.6) is 11.5 Å². The Bertz CT molecular complexity index is 968. The van der Waals surface area contributed by atoms with Crippen molar-refractivity contribution in [1.29, 1.82) is 0 Å². The number of hydrogen-bond donors (Lipinski definition) is 1. The third-order valence-corrected chi connectivity index (χ3v) is 5.60. The average Bonchev–Trinajstić information content (AvgIpc) is 3.15. The van der Waals surface area contributed by atoms with Gasteiger partial charge in [0.2, 0.25) is 5.91 Å². The van der Waals surface area contributed by atoms with Crippen molar-refractivity contribution in [3.05, 3.63) is 75.7 Å². The first kappa shape index (κ1) is 17.5. The Morgan fingerprint density at radius 2 is 1.96 bits per heavy atom. The molecule has 4 rings (SSSR count). The quantitative estimate of drug-likeness (QED) is 0.678. The summed E-state index contributed by atoms with van der Waals surface area (Å²) in [4.78, 5) is 13.2. The van der Waals surface area contributed by atoms with Gasteiger partial charge in [0.1, 0.15) is 12.4 Å². The van der Waals surface area contributed by atoms with E-state index in [0.29, 0.717) is 24.5 Å². The Balaban J connectivity index is 1.61. The average molecular weight is 383 g/mol. The van der Waals surface area contributed by atoms with Gasteiger partial charge in [0.25, 0.3) is 0 Å². The third kappa shape index (κ3) is 3.66. The number of halogens is 1. The molecule has 2 heterocycles. The highest BCUT2D eigenvalue weighted by Gasteiger charge is 2.28. The van der Waals surface area contributed by atoms with E-state index in [9.17, 15) is 9.18 Å². The van der Waals surface area contributed by atoms with E-state index in [1.54, 1.807) is 30.6 Å². The number of anilines is 1. The molecule has 0 saturated carbocycles. The van der Waals surface area contributed by atoms with E-state index in [1.807, 2.05) is 29.6 Å². The fourth-order valence-corrected chi connectivity index (χ4v) is 4.19. The van der Waals surface area contributed by atoms with Crippen molar-refractivity contribution in [1.82, 2.24) is 0 Å². The Hall–Kier alpha value is -2.86. The van der Waals surface area contributed by atoms with Gasteiger partial charge in [-0.15, -0.1) is 11.3 Å². The number of rotatable bonds is 5. The molecule has 0 spiro atoms. The summed E-state index contributed by atoms with van der Waals surface area (Å²) in [6.07, 6.45) is 0.400. The fourth-order valence-electron chi connectivity index (χ4n) is 3.21. The van der Waals surface area contributed by atoms with E-state index in [2.05, 4.69) is 5.32 Å². The molecule has 1 N–H and O–H groups in total. The molecule has 27 heavy (non-hydrogen) atoms. The van der Waals surface area contributed by atoms with Crippen LogP contribution in [0.15, 0.2) is 53.9 Å². The van der Waals surface area contributed by atoms with Crippen LogP contribution in [-0.2, 0) is 11.4 Å². The molecule has 138 valence electrons. The molecule has 6 heteroatoms. The summed E-state index contributed by atoms with van der Waals surface area (Å²) in [5.74, 6) is 0.944. The van der Waals surface area contributed by atoms with Crippen molar-refractivity contribution in [2.24, 2.45) is 0 Å². The number of amides is 1. The van der Waals surface area contributed by atoms with Gasteiger partial charge in [-0.1, -0.05) is 18.2 Å². The number of methoxy groups -OCH3 is 1. The molecule has 1 aliphatic rings. The highest BCUT2D eigenvalue weighted by molar-refractivity contribution is 7.10. The highest BCUT2D eigenvalue weighted by atomic mass is 32.1. The van der Waals surface area contributed by atoms with Crippen LogP contribution in [0.1, 0.15) is 28.3 Å². The van der Waals surface area contributed by atoms with Crippen LogP contribution in [0, 0.1) is 5.82 Å². The number of ether oxygens (including phenoxy) is 2. The third-order valence-electron chi connectivity index (χ3n) is 4.57. The van der Waals surface area contributed by atoms with Gasteiger partial charge in [0, 0.05) is 17.2 Å². The van der Waals surface area contributed by atoms with Crippen molar-refractivity contribution < 1.29 is 18.7 Å². The van der Waals surface area contributed by atoms with E-state index < -0.39 is 0 Å². The number of thiophene rings is 1. The van der Waals surface area contributed by atoms with Gasteiger partial charge in [-0.25, -0.2) is 4.39 Å². The maximum absolute atomic E-state index is 13.1. The monoisotopic (exact) mass is 383 g/mol. The van der Waals surface area contributed by atoms with Crippen molar-refractivity contribution in [3.63, 3.8) is 0 Å². The summed E-state index contributed by atoms with van der Waals surface area (Å²) >= 11 is 1.64. The summed E-state index contributed by atoms with van der Waals surface area (Å²) < 4.78 is 24.4. The zero-order valence-corrected chi connectivity index (χ0v) is 15.5. The Labute approximate surface area is 160 Å². The van der Waals surface area contributed by atoms with Crippen LogP contribution in [0.25, 0.3) is 0 Å². The summed E-state index contributed by atoms with van der Waals surface area (Å²) in [5.41, 5.74) is 2.75. The van der Waals surface area contributed by atoms with Gasteiger partial charge in [-0.3, -0.25) is 4.79 Å². The van der Waals surface area contributed by atoms with Gasteiger partial charge < -0.3 is 14.8 Å². The van der Waals surface area contributed by atoms with E-state index in [1.165, 1.54) is 12.1 Å². The second-order valence-electron chi connectivity index (χ2n) is 6.33. The fraction of sp³-hybridized carbons (Fsp3) is 0.190. The Morgan fingerprint density at radius 3 is 2.74 bits per heavy atom. The zero-order chi connectivity index (χ0) is 18.8. The van der Waals surface area contributed by atoms with Crippen molar-refractivity contribution in [3.8, 4) is 11.5 Å². The van der Waals surface area contributed by atoms with Crippen molar-refractivity contribution >= 4 is 22.9 Å². The molecule has 1 aliphatic heterocycles. The molecule has 1 amide bonds. The number of hydrogen-bond acceptors (Lipinski definition) is 4. The molecule has 3 aromatic rings. The second-order valence-corrected chi connectivity index (χ2v) is 7.28. The first-order chi connectivity index (χ1) is 13.1. The SMILES string of the molecule is COc1ccc(C2CC(=O)Nc3ccsc32)cc1OCc1ccc(F)cc1. The van der Waals surface area contributed by atoms with Crippen LogP contribution in [0.3, 0.4) is 0 Å². The summed E-state index contributed by atoms with van der Waals surface area (Å²) in [5, 5.41) is 4.90. The van der Waals surface area contributed by atoms with Crippen LogP contribution < -0.4 is 14.8 Å². The zero-order valence-electron chi connectivity index (χ0n) is 14.7. The maximum Gasteiger partial charge on any atom is 0.225 e. The van der Waals surface area contributed by atoms with Crippen LogP contribution in [-0.4, -0.2) is 13.0 Å². The van der Waals surface area contributed by atoms with Crippen LogP contribution in [0.4, 0.5) is 10.1 Å². The Morgan fingerprint density at radius 1 is 1.15 bits per heavy atom. The minimum Gasteiger partial charge on any atom is -0.493 e. The summed E-state index contributed by atoms with van der Waals surface area (Å²) in [7, 11) is 1.59. The molecule has 4 nitrogen and oxygen atoms in total. The molecule has 0 aliphatic carbocycles. The van der Waals surface area contributed by atoms with Gasteiger partial charge in [0.05, 0.1) is 12.8 Å². The van der Waals surface area contributed by atoms with Crippen molar-refractivity contribution in [2.75, 3.05) is 12.4 Å². The van der Waals surface area contributed by atoms with E-state index in [4.69, 9.17) is 9.47 Å². The normalized spacial score (nSPS) is 15.8. The summed E-state index contributed by atoms with van der Waals surface area (Å²) in [6, 6.07) is 13.9. The first-order valence-corrected chi connectivity index (χ1v) is 9.44. The lowest BCUT2D eigenvalue weighted by molar-refractivity contribution is -0.116. The molecule has 1 atom stereocenters. The maximum atomic E-state index is 13.1. The van der Waals surface area contributed by atoms with E-state index in [-0.39, 0.29) is 17.6 Å².